The minimum absolute atomic E-state index is 0.182. The summed E-state index contributed by atoms with van der Waals surface area (Å²) in [7, 11) is 0. The van der Waals surface area contributed by atoms with Gasteiger partial charge in [-0.2, -0.15) is 5.10 Å². The van der Waals surface area contributed by atoms with Gasteiger partial charge in [-0.15, -0.1) is 0 Å². The first-order chi connectivity index (χ1) is 12.5. The van der Waals surface area contributed by atoms with Crippen LogP contribution in [-0.4, -0.2) is 51.1 Å². The summed E-state index contributed by atoms with van der Waals surface area (Å²) >= 11 is 0. The monoisotopic (exact) mass is 353 g/mol. The zero-order valence-electron chi connectivity index (χ0n) is 15.2. The van der Waals surface area contributed by atoms with Crippen molar-refractivity contribution in [2.45, 2.75) is 32.4 Å². The fourth-order valence-electron chi connectivity index (χ4n) is 3.64. The van der Waals surface area contributed by atoms with Crippen LogP contribution < -0.4 is 4.90 Å². The number of nitrogens with zero attached hydrogens (tertiary/aromatic N) is 4. The number of morpholine rings is 1. The van der Waals surface area contributed by atoms with Gasteiger partial charge in [0.25, 0.3) is 0 Å². The molecular formula is C19H23N5O2. The van der Waals surface area contributed by atoms with Crippen LogP contribution in [0.5, 0.6) is 0 Å². The molecule has 0 amide bonds. The maximum Gasteiger partial charge on any atom is 0.139 e. The highest BCUT2D eigenvalue weighted by Crippen LogP contribution is 2.42. The second-order valence-electron chi connectivity index (χ2n) is 7.22. The van der Waals surface area contributed by atoms with Gasteiger partial charge in [0.2, 0.25) is 0 Å². The lowest BCUT2D eigenvalue weighted by atomic mass is 9.88. The number of anilines is 1. The number of rotatable bonds is 3. The summed E-state index contributed by atoms with van der Waals surface area (Å²) in [5.74, 6) is 0.822. The summed E-state index contributed by atoms with van der Waals surface area (Å²) in [5.41, 5.74) is 2.24. The number of hydrogen-bond donors (Lipinski definition) is 2. The fraction of sp³-hybridized carbons (Fsp3) is 0.421. The molecule has 136 valence electrons. The Bertz CT molecular complexity index is 918. The van der Waals surface area contributed by atoms with Crippen LogP contribution in [0, 0.1) is 0 Å². The van der Waals surface area contributed by atoms with E-state index in [1.165, 1.54) is 0 Å². The second kappa shape index (κ2) is 6.34. The van der Waals surface area contributed by atoms with Crippen molar-refractivity contribution < 1.29 is 9.84 Å². The first-order valence-corrected chi connectivity index (χ1v) is 8.81. The van der Waals surface area contributed by atoms with Crippen LogP contribution in [0.1, 0.15) is 26.3 Å². The Labute approximate surface area is 152 Å². The van der Waals surface area contributed by atoms with Gasteiger partial charge in [-0.05, 0) is 32.9 Å². The molecule has 0 saturated carbocycles. The largest absolute Gasteiger partial charge is 0.386 e. The molecule has 7 nitrogen and oxygen atoms in total. The highest BCUT2D eigenvalue weighted by molar-refractivity contribution is 5.94. The summed E-state index contributed by atoms with van der Waals surface area (Å²) in [6.07, 6.45) is 5.19. The quantitative estimate of drug-likeness (QED) is 0.752. The number of aromatic nitrogens is 4. The van der Waals surface area contributed by atoms with Crippen LogP contribution in [0.4, 0.5) is 5.82 Å². The molecule has 3 aromatic heterocycles. The number of aliphatic hydroxyl groups is 1. The summed E-state index contributed by atoms with van der Waals surface area (Å²) < 4.78 is 5.60. The lowest BCUT2D eigenvalue weighted by Gasteiger charge is -2.37. The molecule has 0 aliphatic carbocycles. The number of hydrogen-bond acceptors (Lipinski definition) is 6. The van der Waals surface area contributed by atoms with E-state index < -0.39 is 5.60 Å². The summed E-state index contributed by atoms with van der Waals surface area (Å²) in [4.78, 5) is 11.4. The van der Waals surface area contributed by atoms with Gasteiger partial charge in [-0.1, -0.05) is 0 Å². The third-order valence-electron chi connectivity index (χ3n) is 4.79. The van der Waals surface area contributed by atoms with Crippen molar-refractivity contribution in [1.29, 1.82) is 0 Å². The van der Waals surface area contributed by atoms with Crippen molar-refractivity contribution in [1.82, 2.24) is 20.2 Å². The molecule has 0 aromatic carbocycles. The number of ether oxygens (including phenoxy) is 1. The van der Waals surface area contributed by atoms with Gasteiger partial charge in [0, 0.05) is 35.5 Å². The minimum Gasteiger partial charge on any atom is -0.386 e. The number of nitrogens with one attached hydrogen (secondary N) is 1. The first kappa shape index (κ1) is 16.9. The third kappa shape index (κ3) is 2.83. The molecule has 3 aromatic rings. The lowest BCUT2D eigenvalue weighted by molar-refractivity contribution is 0.0805. The van der Waals surface area contributed by atoms with Crippen LogP contribution in [0.3, 0.4) is 0 Å². The number of H-pyrrole nitrogens is 1. The summed E-state index contributed by atoms with van der Waals surface area (Å²) in [6.45, 7) is 7.76. The van der Waals surface area contributed by atoms with Crippen molar-refractivity contribution in [3.05, 3.63) is 36.3 Å². The van der Waals surface area contributed by atoms with E-state index in [-0.39, 0.29) is 6.04 Å². The Morgan fingerprint density at radius 1 is 1.31 bits per heavy atom. The van der Waals surface area contributed by atoms with Crippen molar-refractivity contribution in [3.63, 3.8) is 0 Å². The minimum atomic E-state index is -1.06. The Morgan fingerprint density at radius 2 is 2.15 bits per heavy atom. The molecule has 1 aliphatic rings. The fourth-order valence-corrected chi connectivity index (χ4v) is 3.64. The standard InChI is InChI=1S/C19H23N5O2/c1-12-11-26-9-8-24(12)18-16(14-5-7-21-23-14)17(19(2,3)25)13-4-6-20-10-15(13)22-18/h4-7,10,12,25H,8-9,11H2,1-3H3,(H,21,23)/t12-/m1/s1. The van der Waals surface area contributed by atoms with E-state index in [2.05, 4.69) is 27.0 Å². The van der Waals surface area contributed by atoms with Gasteiger partial charge >= 0.3 is 0 Å². The van der Waals surface area contributed by atoms with Crippen molar-refractivity contribution in [2.75, 3.05) is 24.7 Å². The van der Waals surface area contributed by atoms with Crippen molar-refractivity contribution >= 4 is 16.7 Å². The average Bonchev–Trinajstić information content (AvgIpc) is 3.14. The van der Waals surface area contributed by atoms with Crippen LogP contribution in [0.25, 0.3) is 22.2 Å². The first-order valence-electron chi connectivity index (χ1n) is 8.81. The molecule has 2 N–H and O–H groups in total. The van der Waals surface area contributed by atoms with E-state index in [1.807, 2.05) is 12.1 Å². The number of fused-ring (bicyclic) bond motifs is 1. The summed E-state index contributed by atoms with van der Waals surface area (Å²) in [6, 6.07) is 4.00. The van der Waals surface area contributed by atoms with E-state index in [0.29, 0.717) is 13.2 Å². The summed E-state index contributed by atoms with van der Waals surface area (Å²) in [5, 5.41) is 19.1. The predicted octanol–water partition coefficient (Wildman–Crippen LogP) is 2.47. The van der Waals surface area contributed by atoms with E-state index in [1.54, 1.807) is 32.4 Å². The Kier molecular flexibility index (Phi) is 4.13. The Hall–Kier alpha value is -2.51. The molecule has 0 unspecified atom stereocenters. The van der Waals surface area contributed by atoms with Gasteiger partial charge in [-0.25, -0.2) is 4.98 Å². The maximum atomic E-state index is 11.0. The molecule has 1 saturated heterocycles. The Morgan fingerprint density at radius 3 is 2.85 bits per heavy atom. The molecular weight excluding hydrogens is 330 g/mol. The normalized spacial score (nSPS) is 18.5. The van der Waals surface area contributed by atoms with E-state index in [4.69, 9.17) is 9.72 Å². The van der Waals surface area contributed by atoms with Crippen molar-refractivity contribution in [3.8, 4) is 11.3 Å². The Balaban J connectivity index is 2.08. The van der Waals surface area contributed by atoms with Gasteiger partial charge < -0.3 is 14.7 Å². The van der Waals surface area contributed by atoms with E-state index >= 15 is 0 Å². The molecule has 7 heteroatoms. The zero-order valence-corrected chi connectivity index (χ0v) is 15.2. The van der Waals surface area contributed by atoms with Crippen LogP contribution in [-0.2, 0) is 10.3 Å². The molecule has 0 spiro atoms. The molecule has 4 rings (SSSR count). The lowest BCUT2D eigenvalue weighted by Crippen LogP contribution is -2.44. The molecule has 4 heterocycles. The van der Waals surface area contributed by atoms with Gasteiger partial charge in [0.05, 0.1) is 42.3 Å². The predicted molar refractivity (Wildman–Crippen MR) is 100.0 cm³/mol. The van der Waals surface area contributed by atoms with Crippen LogP contribution >= 0.6 is 0 Å². The smallest absolute Gasteiger partial charge is 0.139 e. The van der Waals surface area contributed by atoms with Gasteiger partial charge in [0.1, 0.15) is 5.82 Å². The number of pyridine rings is 2. The second-order valence-corrected chi connectivity index (χ2v) is 7.22. The molecule has 0 radical (unpaired) electrons. The van der Waals surface area contributed by atoms with E-state index in [9.17, 15) is 5.11 Å². The van der Waals surface area contributed by atoms with Gasteiger partial charge in [-0.3, -0.25) is 10.1 Å². The zero-order chi connectivity index (χ0) is 18.3. The maximum absolute atomic E-state index is 11.0. The molecule has 1 atom stereocenters. The molecule has 0 bridgehead atoms. The molecule has 1 fully saturated rings. The topological polar surface area (TPSA) is 87.2 Å². The highest BCUT2D eigenvalue weighted by Gasteiger charge is 2.32. The van der Waals surface area contributed by atoms with E-state index in [0.717, 1.165) is 40.1 Å². The SMILES string of the molecule is C[C@@H]1COCCN1c1nc2cnccc2c(C(C)(C)O)c1-c1ccn[nH]1. The average molecular weight is 353 g/mol. The molecule has 1 aliphatic heterocycles. The van der Waals surface area contributed by atoms with Crippen LogP contribution in [0.2, 0.25) is 0 Å². The number of aromatic amines is 1. The van der Waals surface area contributed by atoms with Crippen molar-refractivity contribution in [2.24, 2.45) is 0 Å². The van der Waals surface area contributed by atoms with Crippen LogP contribution in [0.15, 0.2) is 30.7 Å². The molecule has 26 heavy (non-hydrogen) atoms. The van der Waals surface area contributed by atoms with Gasteiger partial charge in [0.15, 0.2) is 0 Å². The highest BCUT2D eigenvalue weighted by atomic mass is 16.5. The third-order valence-corrected chi connectivity index (χ3v) is 4.79.